The van der Waals surface area contributed by atoms with E-state index < -0.39 is 0 Å². The van der Waals surface area contributed by atoms with Crippen LogP contribution >= 0.6 is 0 Å². The topological polar surface area (TPSA) is 133 Å². The van der Waals surface area contributed by atoms with Crippen LogP contribution in [0.3, 0.4) is 0 Å². The Kier molecular flexibility index (Phi) is 18.6. The predicted octanol–water partition coefficient (Wildman–Crippen LogP) is 30.6. The van der Waals surface area contributed by atoms with Crippen LogP contribution < -0.4 is 0 Å². The second-order valence-electron chi connectivity index (χ2n) is 35.0. The Morgan fingerprint density at radius 2 is 0.384 bits per heavy atom. The van der Waals surface area contributed by atoms with Crippen molar-refractivity contribution < 1.29 is 0 Å². The molecule has 138 heavy (non-hydrogen) atoms. The van der Waals surface area contributed by atoms with Gasteiger partial charge in [-0.3, -0.25) is 13.7 Å². The highest BCUT2D eigenvalue weighted by Gasteiger charge is 2.28. The third-order valence-electron chi connectivity index (χ3n) is 27.0. The highest BCUT2D eigenvalue weighted by atomic mass is 15.2. The lowest BCUT2D eigenvalue weighted by Crippen LogP contribution is -2.06. The van der Waals surface area contributed by atoms with Crippen LogP contribution in [-0.4, -0.2) is 67.3 Å². The van der Waals surface area contributed by atoms with Crippen molar-refractivity contribution in [3.05, 3.63) is 473 Å². The first-order valence-corrected chi connectivity index (χ1v) is 46.5. The maximum absolute atomic E-state index is 5.36. The molecule has 0 fully saturated rings. The summed E-state index contributed by atoms with van der Waals surface area (Å²) in [5.74, 6) is 4.56. The molecule has 0 atom stereocenters. The van der Waals surface area contributed by atoms with Gasteiger partial charge in [-0.25, -0.2) is 19.9 Å². The fraction of sp³-hybridized carbons (Fsp3) is 0. The Hall–Kier alpha value is -18.9. The van der Waals surface area contributed by atoms with Crippen molar-refractivity contribution in [2.45, 2.75) is 0 Å². The summed E-state index contributed by atoms with van der Waals surface area (Å²) < 4.78 is 13.8. The molecule has 0 saturated heterocycles. The molecule has 0 unspecified atom stereocenters. The first-order chi connectivity index (χ1) is 68.4. The van der Waals surface area contributed by atoms with Crippen molar-refractivity contribution in [1.82, 2.24) is 67.3 Å². The van der Waals surface area contributed by atoms with Crippen molar-refractivity contribution in [3.8, 4) is 91.6 Å². The summed E-state index contributed by atoms with van der Waals surface area (Å²) in [7, 11) is 0. The van der Waals surface area contributed by atoms with Crippen molar-refractivity contribution in [1.29, 1.82) is 0 Å². The Morgan fingerprint density at radius 3 is 0.732 bits per heavy atom. The molecule has 0 radical (unpaired) electrons. The summed E-state index contributed by atoms with van der Waals surface area (Å²) in [5, 5.41) is 18.9. The molecule has 29 aromatic rings. The van der Waals surface area contributed by atoms with Crippen molar-refractivity contribution >= 4 is 163 Å². The van der Waals surface area contributed by atoms with Gasteiger partial charge < -0.3 is 13.7 Å². The van der Waals surface area contributed by atoms with Gasteiger partial charge in [-0.15, -0.1) is 0 Å². The molecule has 9 heterocycles. The van der Waals surface area contributed by atoms with Crippen LogP contribution in [0.1, 0.15) is 0 Å². The van der Waals surface area contributed by atoms with Crippen LogP contribution in [-0.2, 0) is 0 Å². The van der Waals surface area contributed by atoms with Gasteiger partial charge in [-0.05, 0) is 155 Å². The Labute approximate surface area is 790 Å². The molecule has 20 aromatic carbocycles. The zero-order valence-corrected chi connectivity index (χ0v) is 74.3. The SMILES string of the molecule is c1ccc(-c2nc(-c3ccc4ccccc4c3)nc(-n3c4ccccc4c4cc5c(cc43)c3ccccc3n5-c3ccccc3)n2)cc1.c1ccc(-c2nc(-c3ccccc3)nc(-n3c4ccccc4c4cc5c(cc43)c3ccccc3n5-c3ccccc3)n2)cc1.c1ccc(-n2c3ccccc3c3cc4c(cc32)c2ccccc2n4-c2nc3ccccc3nc2-c2ccc3ccccc3c2)cc1. The van der Waals surface area contributed by atoms with Crippen molar-refractivity contribution in [2.24, 2.45) is 0 Å². The third-order valence-corrected chi connectivity index (χ3v) is 27.0. The van der Waals surface area contributed by atoms with E-state index in [2.05, 4.69) is 404 Å². The molecule has 0 aliphatic heterocycles. The maximum atomic E-state index is 5.36. The molecule has 0 aliphatic rings. The summed E-state index contributed by atoms with van der Waals surface area (Å²) in [6, 6.07) is 166. The van der Waals surface area contributed by atoms with E-state index in [1.807, 2.05) is 97.1 Å². The molecule has 14 heteroatoms. The van der Waals surface area contributed by atoms with E-state index in [1.54, 1.807) is 0 Å². The highest BCUT2D eigenvalue weighted by molar-refractivity contribution is 6.23. The number of aromatic nitrogens is 14. The Balaban J connectivity index is 0.000000105. The largest absolute Gasteiger partial charge is 0.309 e. The van der Waals surface area contributed by atoms with Gasteiger partial charge in [0, 0.05) is 110 Å². The molecule has 29 rings (SSSR count). The quantitative estimate of drug-likeness (QED) is 0.125. The molecule has 0 saturated carbocycles. The number of benzene rings is 20. The number of hydrogen-bond donors (Lipinski definition) is 0. The summed E-state index contributed by atoms with van der Waals surface area (Å²) in [6.45, 7) is 0. The van der Waals surface area contributed by atoms with E-state index >= 15 is 0 Å². The summed E-state index contributed by atoms with van der Waals surface area (Å²) in [4.78, 5) is 41.2. The standard InChI is InChI=1S/C43H27N5.C42H26N4.C39H25N5/c1-3-14-29(15-4-1)41-44-42(31-24-23-28-13-7-8-16-30(28)25-31)46-43(45-41)48-38-22-12-10-20-34(38)36-26-39-35(27-40(36)48)33-19-9-11-21-37(33)47(39)32-17-5-2-6-18-32;1-2-14-30(15-3-1)45-37-20-10-6-16-31(37)33-26-40-34(25-39(33)45)32-17-7-11-21-38(32)46(40)42-41(43-35-18-8-9-19-36(35)44-42)29-23-22-27-12-4-5-13-28(27)24-29;1-4-14-26(15-5-1)37-40-38(27-16-6-2-7-17-27)42-39(41-37)44-34-23-13-11-21-30(34)32-24-35-31(25-36(32)44)29-20-10-12-22-33(29)43(35)28-18-8-3-9-19-28/h1-27H;1-26H;1-25H. The van der Waals surface area contributed by atoms with Crippen LogP contribution in [0.15, 0.2) is 473 Å². The third kappa shape index (κ3) is 13.2. The predicted molar refractivity (Wildman–Crippen MR) is 567 cm³/mol. The fourth-order valence-electron chi connectivity index (χ4n) is 20.7. The van der Waals surface area contributed by atoms with Crippen LogP contribution in [0.4, 0.5) is 0 Å². The minimum Gasteiger partial charge on any atom is -0.309 e. The van der Waals surface area contributed by atoms with E-state index in [4.69, 9.17) is 39.9 Å². The van der Waals surface area contributed by atoms with Gasteiger partial charge in [0.05, 0.1) is 77.2 Å². The summed E-state index contributed by atoms with van der Waals surface area (Å²) in [5.41, 5.74) is 24.3. The minimum absolute atomic E-state index is 0.587. The van der Waals surface area contributed by atoms with Gasteiger partial charge in [0.15, 0.2) is 29.1 Å². The minimum atomic E-state index is 0.587. The molecule has 14 nitrogen and oxygen atoms in total. The van der Waals surface area contributed by atoms with Crippen molar-refractivity contribution in [2.75, 3.05) is 0 Å². The average molecular weight is 1760 g/mol. The molecule has 9 aromatic heterocycles. The molecule has 0 spiro atoms. The van der Waals surface area contributed by atoms with Gasteiger partial charge in [0.2, 0.25) is 11.9 Å². The number of hydrogen-bond acceptors (Lipinski definition) is 8. The molecule has 644 valence electrons. The molecule has 0 amide bonds. The van der Waals surface area contributed by atoms with E-state index in [0.29, 0.717) is 35.2 Å². The van der Waals surface area contributed by atoms with E-state index in [9.17, 15) is 0 Å². The summed E-state index contributed by atoms with van der Waals surface area (Å²) in [6.07, 6.45) is 0. The van der Waals surface area contributed by atoms with Crippen LogP contribution in [0, 0.1) is 0 Å². The lowest BCUT2D eigenvalue weighted by Gasteiger charge is -2.14. The monoisotopic (exact) mass is 1760 g/mol. The molecular formula is C124H78N14. The zero-order valence-electron chi connectivity index (χ0n) is 74.3. The van der Waals surface area contributed by atoms with Crippen LogP contribution in [0.25, 0.3) is 255 Å². The van der Waals surface area contributed by atoms with Gasteiger partial charge in [0.1, 0.15) is 5.69 Å². The van der Waals surface area contributed by atoms with Gasteiger partial charge in [-0.1, -0.05) is 340 Å². The Morgan fingerprint density at radius 1 is 0.138 bits per heavy atom. The van der Waals surface area contributed by atoms with Crippen molar-refractivity contribution in [3.63, 3.8) is 0 Å². The van der Waals surface area contributed by atoms with Gasteiger partial charge in [-0.2, -0.15) is 19.9 Å². The van der Waals surface area contributed by atoms with Crippen LogP contribution in [0.5, 0.6) is 0 Å². The zero-order chi connectivity index (χ0) is 90.8. The molecule has 0 N–H and O–H groups in total. The lowest BCUT2D eigenvalue weighted by molar-refractivity contribution is 0.953. The normalized spacial score (nSPS) is 11.8. The smallest absolute Gasteiger partial charge is 0.238 e. The fourth-order valence-corrected chi connectivity index (χ4v) is 20.7. The Bertz CT molecular complexity index is 9860. The number of fused-ring (bicyclic) bond motifs is 21. The van der Waals surface area contributed by atoms with Gasteiger partial charge in [0.25, 0.3) is 0 Å². The molecule has 0 aliphatic carbocycles. The highest BCUT2D eigenvalue weighted by Crippen LogP contribution is 2.46. The van der Waals surface area contributed by atoms with E-state index in [-0.39, 0.29) is 0 Å². The van der Waals surface area contributed by atoms with E-state index in [1.165, 1.54) is 86.8 Å². The average Bonchev–Trinajstić information content (AvgIpc) is 1.54. The van der Waals surface area contributed by atoms with E-state index in [0.717, 1.165) is 133 Å². The summed E-state index contributed by atoms with van der Waals surface area (Å²) >= 11 is 0. The maximum Gasteiger partial charge on any atom is 0.238 e. The second kappa shape index (κ2) is 32.5. The van der Waals surface area contributed by atoms with Gasteiger partial charge >= 0.3 is 0 Å². The number of para-hydroxylation sites is 11. The first kappa shape index (κ1) is 78.9. The second-order valence-corrected chi connectivity index (χ2v) is 35.0. The number of rotatable bonds is 11. The molecular weight excluding hydrogens is 1690 g/mol. The number of nitrogens with zero attached hydrogens (tertiary/aromatic N) is 14. The first-order valence-electron chi connectivity index (χ1n) is 46.5. The van der Waals surface area contributed by atoms with Crippen LogP contribution in [0.2, 0.25) is 0 Å². The lowest BCUT2D eigenvalue weighted by atomic mass is 10.0. The molecule has 0 bridgehead atoms.